The molecule has 1 fully saturated rings. The Hall–Kier alpha value is -0.630. The standard InChI is InChI=1S/C12H17BrN2O3S/c1-18-10-3-2-6-15(8-10)19(16,17)12-5-4-9(14)7-11(12)13/h4-5,7,10H,2-3,6,8,14H2,1H3. The van der Waals surface area contributed by atoms with Crippen molar-refractivity contribution in [2.75, 3.05) is 25.9 Å². The Labute approximate surface area is 121 Å². The maximum Gasteiger partial charge on any atom is 0.244 e. The smallest absolute Gasteiger partial charge is 0.244 e. The van der Waals surface area contributed by atoms with Gasteiger partial charge in [-0.3, -0.25) is 0 Å². The van der Waals surface area contributed by atoms with Gasteiger partial charge in [0.25, 0.3) is 0 Å². The first-order valence-corrected chi connectivity index (χ1v) is 8.26. The van der Waals surface area contributed by atoms with Gasteiger partial charge in [0, 0.05) is 30.4 Å². The van der Waals surface area contributed by atoms with Crippen molar-refractivity contribution in [3.63, 3.8) is 0 Å². The minimum atomic E-state index is -3.50. The lowest BCUT2D eigenvalue weighted by molar-refractivity contribution is 0.0572. The fourth-order valence-electron chi connectivity index (χ4n) is 2.18. The van der Waals surface area contributed by atoms with Gasteiger partial charge in [0.2, 0.25) is 10.0 Å². The summed E-state index contributed by atoms with van der Waals surface area (Å²) in [6.07, 6.45) is 1.67. The SMILES string of the molecule is COC1CCCN(S(=O)(=O)c2ccc(N)cc2Br)C1. The number of hydrogen-bond acceptors (Lipinski definition) is 4. The van der Waals surface area contributed by atoms with E-state index in [1.54, 1.807) is 19.2 Å². The van der Waals surface area contributed by atoms with Crippen LogP contribution in [0.2, 0.25) is 0 Å². The lowest BCUT2D eigenvalue weighted by Gasteiger charge is -2.31. The molecule has 0 amide bonds. The second-order valence-electron chi connectivity index (χ2n) is 4.55. The molecule has 0 radical (unpaired) electrons. The van der Waals surface area contributed by atoms with Crippen molar-refractivity contribution in [2.24, 2.45) is 0 Å². The Bertz CT molecular complexity index is 562. The van der Waals surface area contributed by atoms with Gasteiger partial charge < -0.3 is 10.5 Å². The summed E-state index contributed by atoms with van der Waals surface area (Å²) in [5, 5.41) is 0. The number of ether oxygens (including phenoxy) is 1. The summed E-state index contributed by atoms with van der Waals surface area (Å²) in [7, 11) is -1.89. The van der Waals surface area contributed by atoms with E-state index in [0.717, 1.165) is 12.8 Å². The highest BCUT2D eigenvalue weighted by Crippen LogP contribution is 2.29. The number of methoxy groups -OCH3 is 1. The van der Waals surface area contributed by atoms with Crippen LogP contribution in [0.3, 0.4) is 0 Å². The van der Waals surface area contributed by atoms with Gasteiger partial charge in [0.15, 0.2) is 0 Å². The van der Waals surface area contributed by atoms with Crippen LogP contribution < -0.4 is 5.73 Å². The van der Waals surface area contributed by atoms with Crippen molar-refractivity contribution in [1.82, 2.24) is 4.31 Å². The van der Waals surface area contributed by atoms with Gasteiger partial charge in [-0.2, -0.15) is 4.31 Å². The second-order valence-corrected chi connectivity index (χ2v) is 7.31. The fraction of sp³-hybridized carbons (Fsp3) is 0.500. The molecule has 106 valence electrons. The molecule has 5 nitrogen and oxygen atoms in total. The van der Waals surface area contributed by atoms with Crippen LogP contribution in [-0.4, -0.2) is 39.0 Å². The van der Waals surface area contributed by atoms with Gasteiger partial charge in [-0.05, 0) is 47.0 Å². The summed E-state index contributed by atoms with van der Waals surface area (Å²) >= 11 is 3.26. The Morgan fingerprint density at radius 2 is 2.21 bits per heavy atom. The predicted molar refractivity (Wildman–Crippen MR) is 77.3 cm³/mol. The third-order valence-electron chi connectivity index (χ3n) is 3.25. The zero-order valence-corrected chi connectivity index (χ0v) is 13.1. The van der Waals surface area contributed by atoms with Crippen molar-refractivity contribution < 1.29 is 13.2 Å². The lowest BCUT2D eigenvalue weighted by atomic mass is 10.1. The van der Waals surface area contributed by atoms with Crippen LogP contribution >= 0.6 is 15.9 Å². The quantitative estimate of drug-likeness (QED) is 0.845. The van der Waals surface area contributed by atoms with E-state index >= 15 is 0 Å². The maximum absolute atomic E-state index is 12.6. The molecule has 1 atom stereocenters. The summed E-state index contributed by atoms with van der Waals surface area (Å²) < 4.78 is 32.4. The van der Waals surface area contributed by atoms with Gasteiger partial charge in [0.05, 0.1) is 11.0 Å². The minimum Gasteiger partial charge on any atom is -0.399 e. The van der Waals surface area contributed by atoms with Crippen LogP contribution in [0.15, 0.2) is 27.6 Å². The summed E-state index contributed by atoms with van der Waals surface area (Å²) in [6.45, 7) is 0.925. The van der Waals surface area contributed by atoms with E-state index in [-0.39, 0.29) is 11.0 Å². The molecule has 0 saturated carbocycles. The second kappa shape index (κ2) is 5.78. The number of anilines is 1. The van der Waals surface area contributed by atoms with E-state index < -0.39 is 10.0 Å². The average molecular weight is 349 g/mol. The van der Waals surface area contributed by atoms with Gasteiger partial charge >= 0.3 is 0 Å². The van der Waals surface area contributed by atoms with Crippen LogP contribution in [0.4, 0.5) is 5.69 Å². The number of nitrogens with two attached hydrogens (primary N) is 1. The first-order valence-electron chi connectivity index (χ1n) is 6.03. The molecule has 1 aliphatic heterocycles. The molecule has 0 aromatic heterocycles. The molecule has 1 heterocycles. The highest BCUT2D eigenvalue weighted by atomic mass is 79.9. The van der Waals surface area contributed by atoms with E-state index in [1.165, 1.54) is 10.4 Å². The van der Waals surface area contributed by atoms with Crippen LogP contribution in [-0.2, 0) is 14.8 Å². The van der Waals surface area contributed by atoms with Crippen molar-refractivity contribution in [3.05, 3.63) is 22.7 Å². The maximum atomic E-state index is 12.6. The van der Waals surface area contributed by atoms with Gasteiger partial charge in [0.1, 0.15) is 0 Å². The van der Waals surface area contributed by atoms with Crippen LogP contribution in [0.1, 0.15) is 12.8 Å². The van der Waals surface area contributed by atoms with Crippen LogP contribution in [0.25, 0.3) is 0 Å². The summed E-state index contributed by atoms with van der Waals surface area (Å²) in [5.41, 5.74) is 6.16. The normalized spacial score (nSPS) is 21.5. The highest BCUT2D eigenvalue weighted by Gasteiger charge is 2.31. The van der Waals surface area contributed by atoms with E-state index in [9.17, 15) is 8.42 Å². The fourth-order valence-corrected chi connectivity index (χ4v) is 4.75. The topological polar surface area (TPSA) is 72.6 Å². The molecule has 1 aromatic carbocycles. The first-order chi connectivity index (χ1) is 8.95. The monoisotopic (exact) mass is 348 g/mol. The van der Waals surface area contributed by atoms with Crippen molar-refractivity contribution in [2.45, 2.75) is 23.8 Å². The van der Waals surface area contributed by atoms with Gasteiger partial charge in [-0.1, -0.05) is 0 Å². The van der Waals surface area contributed by atoms with E-state index in [1.807, 2.05) is 0 Å². The molecule has 0 bridgehead atoms. The molecule has 0 spiro atoms. The number of hydrogen-bond donors (Lipinski definition) is 1. The Kier molecular flexibility index (Phi) is 4.50. The predicted octanol–water partition coefficient (Wildman–Crippen LogP) is 1.83. The average Bonchev–Trinajstić information content (AvgIpc) is 2.38. The largest absolute Gasteiger partial charge is 0.399 e. The number of rotatable bonds is 3. The number of nitrogens with zero attached hydrogens (tertiary/aromatic N) is 1. The van der Waals surface area contributed by atoms with Crippen molar-refractivity contribution in [3.8, 4) is 0 Å². The van der Waals surface area contributed by atoms with Gasteiger partial charge in [-0.25, -0.2) is 8.42 Å². The Morgan fingerprint density at radius 1 is 1.47 bits per heavy atom. The lowest BCUT2D eigenvalue weighted by Crippen LogP contribution is -2.42. The highest BCUT2D eigenvalue weighted by molar-refractivity contribution is 9.10. The molecule has 19 heavy (non-hydrogen) atoms. The van der Waals surface area contributed by atoms with Crippen molar-refractivity contribution >= 4 is 31.6 Å². The first kappa shape index (κ1) is 14.8. The number of benzene rings is 1. The molecule has 1 aliphatic rings. The Balaban J connectivity index is 2.31. The molecule has 1 aromatic rings. The summed E-state index contributed by atoms with van der Waals surface area (Å²) in [6, 6.07) is 4.73. The van der Waals surface area contributed by atoms with E-state index in [4.69, 9.17) is 10.5 Å². The number of sulfonamides is 1. The third kappa shape index (κ3) is 3.10. The molecule has 0 aliphatic carbocycles. The number of halogens is 1. The van der Waals surface area contributed by atoms with Gasteiger partial charge in [-0.15, -0.1) is 0 Å². The summed E-state index contributed by atoms with van der Waals surface area (Å²) in [5.74, 6) is 0. The molecule has 2 rings (SSSR count). The molecular formula is C12H17BrN2O3S. The molecular weight excluding hydrogens is 332 g/mol. The molecule has 1 saturated heterocycles. The van der Waals surface area contributed by atoms with Crippen LogP contribution in [0, 0.1) is 0 Å². The minimum absolute atomic E-state index is 0.0314. The molecule has 2 N–H and O–H groups in total. The zero-order chi connectivity index (χ0) is 14.0. The Morgan fingerprint density at radius 3 is 2.84 bits per heavy atom. The third-order valence-corrected chi connectivity index (χ3v) is 6.09. The number of piperidine rings is 1. The van der Waals surface area contributed by atoms with Crippen molar-refractivity contribution in [1.29, 1.82) is 0 Å². The zero-order valence-electron chi connectivity index (χ0n) is 10.7. The van der Waals surface area contributed by atoms with E-state index in [0.29, 0.717) is 23.2 Å². The molecule has 7 heteroatoms. The number of nitrogen functional groups attached to an aromatic ring is 1. The van der Waals surface area contributed by atoms with Crippen LogP contribution in [0.5, 0.6) is 0 Å². The summed E-state index contributed by atoms with van der Waals surface area (Å²) in [4.78, 5) is 0.249. The van der Waals surface area contributed by atoms with E-state index in [2.05, 4.69) is 15.9 Å². The molecule has 1 unspecified atom stereocenters.